The minimum absolute atomic E-state index is 0.0571. The third kappa shape index (κ3) is 3.49. The molecule has 1 unspecified atom stereocenters. The summed E-state index contributed by atoms with van der Waals surface area (Å²) in [5, 5.41) is 2.92. The average molecular weight is 283 g/mol. The number of rotatable bonds is 5. The Labute approximate surface area is 120 Å². The Bertz CT molecular complexity index is 372. The highest BCUT2D eigenvalue weighted by atomic mass is 16.5. The summed E-state index contributed by atoms with van der Waals surface area (Å²) in [5.41, 5.74) is 5.46. The van der Waals surface area contributed by atoms with Crippen molar-refractivity contribution >= 4 is 11.8 Å². The molecule has 2 rings (SSSR count). The third-order valence-electron chi connectivity index (χ3n) is 4.31. The van der Waals surface area contributed by atoms with Crippen LogP contribution < -0.4 is 11.1 Å². The summed E-state index contributed by atoms with van der Waals surface area (Å²) < 4.78 is 4.79. The SMILES string of the molecule is COCC(=O)NC1CCN(C(=O)C(C)(N)C2CC2)CC1. The molecule has 0 aromatic heterocycles. The van der Waals surface area contributed by atoms with Crippen LogP contribution in [0.2, 0.25) is 0 Å². The monoisotopic (exact) mass is 283 g/mol. The molecule has 1 saturated heterocycles. The number of hydrogen-bond acceptors (Lipinski definition) is 4. The topological polar surface area (TPSA) is 84.7 Å². The normalized spacial score (nSPS) is 23.2. The molecule has 2 aliphatic rings. The summed E-state index contributed by atoms with van der Waals surface area (Å²) in [7, 11) is 1.50. The number of nitrogens with one attached hydrogen (secondary N) is 1. The van der Waals surface area contributed by atoms with Crippen LogP contribution in [-0.2, 0) is 14.3 Å². The van der Waals surface area contributed by atoms with Gasteiger partial charge in [-0.1, -0.05) is 0 Å². The third-order valence-corrected chi connectivity index (χ3v) is 4.31. The number of likely N-dealkylation sites (tertiary alicyclic amines) is 1. The number of nitrogens with two attached hydrogens (primary N) is 1. The summed E-state index contributed by atoms with van der Waals surface area (Å²) in [6.45, 7) is 3.26. The zero-order valence-electron chi connectivity index (χ0n) is 12.4. The lowest BCUT2D eigenvalue weighted by molar-refractivity contribution is -0.138. The van der Waals surface area contributed by atoms with Crippen LogP contribution in [0.4, 0.5) is 0 Å². The van der Waals surface area contributed by atoms with Crippen LogP contribution in [0.15, 0.2) is 0 Å². The van der Waals surface area contributed by atoms with E-state index in [9.17, 15) is 9.59 Å². The fourth-order valence-corrected chi connectivity index (χ4v) is 2.83. The first-order chi connectivity index (χ1) is 9.45. The Kier molecular flexibility index (Phi) is 4.65. The van der Waals surface area contributed by atoms with E-state index in [0.29, 0.717) is 19.0 Å². The minimum atomic E-state index is -0.716. The van der Waals surface area contributed by atoms with Crippen molar-refractivity contribution in [3.63, 3.8) is 0 Å². The molecule has 0 radical (unpaired) electrons. The van der Waals surface area contributed by atoms with Gasteiger partial charge in [0.15, 0.2) is 0 Å². The van der Waals surface area contributed by atoms with Gasteiger partial charge in [0.05, 0.1) is 5.54 Å². The fourth-order valence-electron chi connectivity index (χ4n) is 2.83. The molecule has 1 saturated carbocycles. The van der Waals surface area contributed by atoms with Gasteiger partial charge in [0.2, 0.25) is 11.8 Å². The molecular formula is C14H25N3O3. The van der Waals surface area contributed by atoms with Crippen molar-refractivity contribution in [3.8, 4) is 0 Å². The van der Waals surface area contributed by atoms with Gasteiger partial charge in [-0.2, -0.15) is 0 Å². The lowest BCUT2D eigenvalue weighted by Gasteiger charge is -2.37. The van der Waals surface area contributed by atoms with Gasteiger partial charge >= 0.3 is 0 Å². The molecule has 2 fully saturated rings. The molecule has 2 amide bonds. The van der Waals surface area contributed by atoms with E-state index in [1.807, 2.05) is 11.8 Å². The standard InChI is InChI=1S/C14H25N3O3/c1-14(15,10-3-4-10)13(19)17-7-5-11(6-8-17)16-12(18)9-20-2/h10-11H,3-9,15H2,1-2H3,(H,16,18). The summed E-state index contributed by atoms with van der Waals surface area (Å²) in [5.74, 6) is 0.301. The molecule has 1 atom stereocenters. The van der Waals surface area contributed by atoms with Crippen LogP contribution >= 0.6 is 0 Å². The second kappa shape index (κ2) is 6.10. The van der Waals surface area contributed by atoms with Crippen molar-refractivity contribution in [1.82, 2.24) is 10.2 Å². The van der Waals surface area contributed by atoms with Gasteiger partial charge in [-0.05, 0) is 38.5 Å². The smallest absolute Gasteiger partial charge is 0.246 e. The number of hydrogen-bond donors (Lipinski definition) is 2. The molecule has 1 aliphatic carbocycles. The highest BCUT2D eigenvalue weighted by molar-refractivity contribution is 5.86. The second-order valence-electron chi connectivity index (χ2n) is 6.12. The molecule has 0 aromatic carbocycles. The highest BCUT2D eigenvalue weighted by Gasteiger charge is 2.46. The van der Waals surface area contributed by atoms with E-state index in [2.05, 4.69) is 5.32 Å². The Morgan fingerprint density at radius 2 is 1.90 bits per heavy atom. The predicted molar refractivity (Wildman–Crippen MR) is 74.9 cm³/mol. The number of piperidine rings is 1. The average Bonchev–Trinajstić information content (AvgIpc) is 3.23. The van der Waals surface area contributed by atoms with Crippen molar-refractivity contribution in [3.05, 3.63) is 0 Å². The lowest BCUT2D eigenvalue weighted by atomic mass is 9.93. The molecule has 6 heteroatoms. The van der Waals surface area contributed by atoms with Crippen LogP contribution in [0, 0.1) is 5.92 Å². The number of carbonyl (C=O) groups excluding carboxylic acids is 2. The molecule has 1 heterocycles. The quantitative estimate of drug-likeness (QED) is 0.736. The Morgan fingerprint density at radius 3 is 2.40 bits per heavy atom. The Balaban J connectivity index is 1.79. The maximum atomic E-state index is 12.4. The van der Waals surface area contributed by atoms with Gasteiger partial charge in [0.25, 0.3) is 0 Å². The van der Waals surface area contributed by atoms with E-state index >= 15 is 0 Å². The largest absolute Gasteiger partial charge is 0.375 e. The summed E-state index contributed by atoms with van der Waals surface area (Å²) in [4.78, 5) is 25.7. The number of nitrogens with zero attached hydrogens (tertiary/aromatic N) is 1. The van der Waals surface area contributed by atoms with E-state index in [1.54, 1.807) is 0 Å². The lowest BCUT2D eigenvalue weighted by Crippen LogP contribution is -2.57. The Morgan fingerprint density at radius 1 is 1.30 bits per heavy atom. The van der Waals surface area contributed by atoms with Crippen LogP contribution in [0.1, 0.15) is 32.6 Å². The first kappa shape index (κ1) is 15.3. The van der Waals surface area contributed by atoms with Crippen LogP contribution in [-0.4, -0.2) is 55.1 Å². The van der Waals surface area contributed by atoms with Gasteiger partial charge in [0.1, 0.15) is 6.61 Å². The van der Waals surface area contributed by atoms with E-state index in [1.165, 1.54) is 7.11 Å². The van der Waals surface area contributed by atoms with Crippen LogP contribution in [0.5, 0.6) is 0 Å². The van der Waals surface area contributed by atoms with E-state index < -0.39 is 5.54 Å². The van der Waals surface area contributed by atoms with Gasteiger partial charge in [-0.3, -0.25) is 9.59 Å². The second-order valence-corrected chi connectivity index (χ2v) is 6.12. The van der Waals surface area contributed by atoms with Crippen molar-refractivity contribution < 1.29 is 14.3 Å². The van der Waals surface area contributed by atoms with Crippen LogP contribution in [0.25, 0.3) is 0 Å². The molecule has 3 N–H and O–H groups in total. The van der Waals surface area contributed by atoms with Crippen LogP contribution in [0.3, 0.4) is 0 Å². The molecule has 20 heavy (non-hydrogen) atoms. The first-order valence-corrected chi connectivity index (χ1v) is 7.31. The number of methoxy groups -OCH3 is 1. The maximum absolute atomic E-state index is 12.4. The van der Waals surface area contributed by atoms with Crippen molar-refractivity contribution in [1.29, 1.82) is 0 Å². The maximum Gasteiger partial charge on any atom is 0.246 e. The highest BCUT2D eigenvalue weighted by Crippen LogP contribution is 2.39. The number of amides is 2. The van der Waals surface area contributed by atoms with Gasteiger partial charge in [0, 0.05) is 26.2 Å². The van der Waals surface area contributed by atoms with E-state index in [4.69, 9.17) is 10.5 Å². The van der Waals surface area contributed by atoms with Gasteiger partial charge in [-0.15, -0.1) is 0 Å². The molecule has 6 nitrogen and oxygen atoms in total. The zero-order valence-corrected chi connectivity index (χ0v) is 12.4. The first-order valence-electron chi connectivity index (χ1n) is 7.31. The molecule has 0 spiro atoms. The van der Waals surface area contributed by atoms with Crippen molar-refractivity contribution in [2.24, 2.45) is 11.7 Å². The molecular weight excluding hydrogens is 258 g/mol. The summed E-state index contributed by atoms with van der Waals surface area (Å²) in [6.07, 6.45) is 3.68. The van der Waals surface area contributed by atoms with Gasteiger partial charge in [-0.25, -0.2) is 0 Å². The number of ether oxygens (including phenoxy) is 1. The molecule has 1 aliphatic heterocycles. The fraction of sp³-hybridized carbons (Fsp3) is 0.857. The van der Waals surface area contributed by atoms with Crippen molar-refractivity contribution in [2.45, 2.75) is 44.2 Å². The van der Waals surface area contributed by atoms with Crippen molar-refractivity contribution in [2.75, 3.05) is 26.8 Å². The number of carbonyl (C=O) groups is 2. The predicted octanol–water partition coefficient (Wildman–Crippen LogP) is -0.133. The molecule has 0 aromatic rings. The molecule has 114 valence electrons. The van der Waals surface area contributed by atoms with E-state index in [-0.39, 0.29) is 24.5 Å². The van der Waals surface area contributed by atoms with E-state index in [0.717, 1.165) is 25.7 Å². The summed E-state index contributed by atoms with van der Waals surface area (Å²) in [6, 6.07) is 0.131. The minimum Gasteiger partial charge on any atom is -0.375 e. The zero-order chi connectivity index (χ0) is 14.8. The van der Waals surface area contributed by atoms with Gasteiger partial charge < -0.3 is 20.7 Å². The Hall–Kier alpha value is -1.14. The molecule has 0 bridgehead atoms. The summed E-state index contributed by atoms with van der Waals surface area (Å²) >= 11 is 0.